The Morgan fingerprint density at radius 1 is 1.09 bits per heavy atom. The van der Waals surface area contributed by atoms with E-state index in [4.69, 9.17) is 4.74 Å². The highest BCUT2D eigenvalue weighted by Gasteiger charge is 2.28. The van der Waals surface area contributed by atoms with Gasteiger partial charge in [0.15, 0.2) is 17.3 Å². The number of ether oxygens (including phenoxy) is 1. The number of hydrogen-bond donors (Lipinski definition) is 3. The van der Waals surface area contributed by atoms with Crippen LogP contribution >= 0.6 is 0 Å². The number of aromatic hydroxyl groups is 1. The van der Waals surface area contributed by atoms with Crippen LogP contribution in [-0.4, -0.2) is 28.9 Å². The zero-order valence-electron chi connectivity index (χ0n) is 18.7. The Kier molecular flexibility index (Phi) is 5.29. The Morgan fingerprint density at radius 2 is 1.88 bits per heavy atom. The summed E-state index contributed by atoms with van der Waals surface area (Å²) in [6.07, 6.45) is 5.93. The lowest BCUT2D eigenvalue weighted by molar-refractivity contribution is -0.110. The van der Waals surface area contributed by atoms with Crippen LogP contribution in [0.25, 0.3) is 22.8 Å². The van der Waals surface area contributed by atoms with E-state index in [0.717, 1.165) is 70.6 Å². The molecule has 6 heteroatoms. The Hall–Kier alpha value is -3.80. The van der Waals surface area contributed by atoms with Crippen molar-refractivity contribution in [3.05, 3.63) is 64.5 Å². The van der Waals surface area contributed by atoms with Crippen molar-refractivity contribution in [1.29, 1.82) is 0 Å². The minimum Gasteiger partial charge on any atom is -0.504 e. The third-order valence-electron chi connectivity index (χ3n) is 6.43. The molecule has 2 heterocycles. The number of phenols is 1. The van der Waals surface area contributed by atoms with Gasteiger partial charge in [0.25, 0.3) is 5.91 Å². The highest BCUT2D eigenvalue weighted by Crippen LogP contribution is 2.39. The number of phenolic OH excluding ortho intramolecular Hbond substituents is 1. The summed E-state index contributed by atoms with van der Waals surface area (Å²) in [5, 5.41) is 12.8. The maximum atomic E-state index is 12.9. The molecule has 33 heavy (non-hydrogen) atoms. The maximum absolute atomic E-state index is 12.9. The van der Waals surface area contributed by atoms with Crippen LogP contribution in [0.1, 0.15) is 59.1 Å². The smallest absolute Gasteiger partial charge is 0.256 e. The van der Waals surface area contributed by atoms with Crippen LogP contribution in [0.3, 0.4) is 0 Å². The van der Waals surface area contributed by atoms with Crippen molar-refractivity contribution in [3.63, 3.8) is 0 Å². The van der Waals surface area contributed by atoms with E-state index in [-0.39, 0.29) is 17.4 Å². The minimum absolute atomic E-state index is 0.0796. The largest absolute Gasteiger partial charge is 0.504 e. The molecule has 0 radical (unpaired) electrons. The molecule has 3 aromatic rings. The fourth-order valence-electron chi connectivity index (χ4n) is 4.84. The van der Waals surface area contributed by atoms with Gasteiger partial charge in [0.2, 0.25) is 0 Å². The second-order valence-electron chi connectivity index (χ2n) is 8.56. The molecule has 0 spiro atoms. The number of carbonyl (C=O) groups excluding carboxylic acids is 2. The summed E-state index contributed by atoms with van der Waals surface area (Å²) in [5.41, 5.74) is 7.66. The molecule has 5 rings (SSSR count). The lowest BCUT2D eigenvalue weighted by Crippen LogP contribution is -2.11. The summed E-state index contributed by atoms with van der Waals surface area (Å²) in [4.78, 5) is 28.9. The molecule has 0 atom stereocenters. The van der Waals surface area contributed by atoms with Gasteiger partial charge >= 0.3 is 0 Å². The highest BCUT2D eigenvalue weighted by molar-refractivity contribution is 6.35. The molecular formula is C27H26N2O4. The second kappa shape index (κ2) is 8.28. The van der Waals surface area contributed by atoms with Crippen LogP contribution in [0.4, 0.5) is 5.69 Å². The van der Waals surface area contributed by atoms with Crippen LogP contribution in [0.5, 0.6) is 11.5 Å². The van der Waals surface area contributed by atoms with Crippen LogP contribution in [0, 0.1) is 0 Å². The molecule has 2 aromatic carbocycles. The molecular weight excluding hydrogens is 416 g/mol. The van der Waals surface area contributed by atoms with Gasteiger partial charge in [-0.05, 0) is 60.2 Å². The van der Waals surface area contributed by atoms with Gasteiger partial charge in [-0.15, -0.1) is 0 Å². The topological polar surface area (TPSA) is 91.4 Å². The molecule has 0 saturated heterocycles. The van der Waals surface area contributed by atoms with Gasteiger partial charge in [0.1, 0.15) is 0 Å². The van der Waals surface area contributed by atoms with Gasteiger partial charge in [0.05, 0.1) is 12.7 Å². The van der Waals surface area contributed by atoms with E-state index in [1.165, 1.54) is 7.11 Å². The number of Topliss-reactive ketones (excluding diaryl/α,β-unsaturated/α-hetero) is 1. The lowest BCUT2D eigenvalue weighted by Gasteiger charge is -2.11. The van der Waals surface area contributed by atoms with E-state index in [0.29, 0.717) is 17.7 Å². The van der Waals surface area contributed by atoms with Gasteiger partial charge < -0.3 is 20.1 Å². The zero-order valence-corrected chi connectivity index (χ0v) is 18.7. The number of benzene rings is 2. The van der Waals surface area contributed by atoms with Gasteiger partial charge in [-0.3, -0.25) is 9.59 Å². The summed E-state index contributed by atoms with van der Waals surface area (Å²) in [5.74, 6) is 0.514. The summed E-state index contributed by atoms with van der Waals surface area (Å²) in [6.45, 7) is 2.10. The summed E-state index contributed by atoms with van der Waals surface area (Å²) in [7, 11) is 1.51. The van der Waals surface area contributed by atoms with Crippen molar-refractivity contribution in [2.24, 2.45) is 0 Å². The third-order valence-corrected chi connectivity index (χ3v) is 6.43. The predicted octanol–water partition coefficient (Wildman–Crippen LogP) is 5.36. The number of H-pyrrole nitrogens is 1. The van der Waals surface area contributed by atoms with E-state index in [1.807, 2.05) is 30.3 Å². The molecule has 3 N–H and O–H groups in total. The first-order valence-corrected chi connectivity index (χ1v) is 11.3. The quantitative estimate of drug-likeness (QED) is 0.464. The molecule has 1 aromatic heterocycles. The number of aromatic amines is 1. The molecule has 0 unspecified atom stereocenters. The van der Waals surface area contributed by atoms with E-state index < -0.39 is 0 Å². The van der Waals surface area contributed by atoms with E-state index in [2.05, 4.69) is 17.2 Å². The normalized spacial score (nSPS) is 16.0. The lowest BCUT2D eigenvalue weighted by atomic mass is 9.91. The van der Waals surface area contributed by atoms with Gasteiger partial charge in [0, 0.05) is 34.6 Å². The number of aryl methyl sites for hydroxylation is 1. The van der Waals surface area contributed by atoms with Crippen LogP contribution in [0.2, 0.25) is 0 Å². The number of aromatic nitrogens is 1. The van der Waals surface area contributed by atoms with E-state index >= 15 is 0 Å². The first kappa shape index (κ1) is 21.1. The van der Waals surface area contributed by atoms with E-state index in [9.17, 15) is 14.7 Å². The number of rotatable bonds is 5. The zero-order chi connectivity index (χ0) is 23.1. The number of fused-ring (bicyclic) bond motifs is 2. The molecule has 1 aliphatic carbocycles. The average molecular weight is 443 g/mol. The number of carbonyl (C=O) groups is 2. The van der Waals surface area contributed by atoms with Crippen molar-refractivity contribution < 1.29 is 19.4 Å². The fraction of sp³-hybridized carbons (Fsp3) is 0.259. The summed E-state index contributed by atoms with van der Waals surface area (Å²) >= 11 is 0. The van der Waals surface area contributed by atoms with E-state index in [1.54, 1.807) is 12.1 Å². The number of nitrogens with one attached hydrogen (secondary N) is 2. The highest BCUT2D eigenvalue weighted by atomic mass is 16.5. The molecule has 1 aliphatic heterocycles. The van der Waals surface area contributed by atoms with Crippen molar-refractivity contribution in [1.82, 2.24) is 4.98 Å². The Balaban J connectivity index is 1.55. The van der Waals surface area contributed by atoms with Crippen molar-refractivity contribution in [2.45, 2.75) is 39.0 Å². The Labute approximate surface area is 192 Å². The minimum atomic E-state index is -0.160. The maximum Gasteiger partial charge on any atom is 0.256 e. The molecule has 2 aliphatic rings. The summed E-state index contributed by atoms with van der Waals surface area (Å²) < 4.78 is 5.22. The van der Waals surface area contributed by atoms with Crippen molar-refractivity contribution in [2.75, 3.05) is 12.4 Å². The van der Waals surface area contributed by atoms with Crippen LogP contribution in [-0.2, 0) is 17.6 Å². The van der Waals surface area contributed by atoms with Gasteiger partial charge in [-0.2, -0.15) is 0 Å². The first-order valence-electron chi connectivity index (χ1n) is 11.3. The van der Waals surface area contributed by atoms with Crippen molar-refractivity contribution >= 4 is 29.0 Å². The van der Waals surface area contributed by atoms with Gasteiger partial charge in [-0.25, -0.2) is 0 Å². The average Bonchev–Trinajstić information content (AvgIpc) is 3.32. The second-order valence-corrected chi connectivity index (χ2v) is 8.56. The first-order chi connectivity index (χ1) is 16.0. The number of hydrogen-bond acceptors (Lipinski definition) is 4. The molecule has 1 amide bonds. The monoisotopic (exact) mass is 442 g/mol. The Bertz CT molecular complexity index is 1320. The van der Waals surface area contributed by atoms with Crippen LogP contribution < -0.4 is 10.1 Å². The molecule has 6 nitrogen and oxygen atoms in total. The molecule has 168 valence electrons. The van der Waals surface area contributed by atoms with Crippen LogP contribution in [0.15, 0.2) is 36.4 Å². The molecule has 0 bridgehead atoms. The predicted molar refractivity (Wildman–Crippen MR) is 129 cm³/mol. The fourth-order valence-corrected chi connectivity index (χ4v) is 4.84. The summed E-state index contributed by atoms with van der Waals surface area (Å²) in [6, 6.07) is 11.0. The molecule has 0 saturated carbocycles. The van der Waals surface area contributed by atoms with Gasteiger partial charge in [-0.1, -0.05) is 31.5 Å². The third kappa shape index (κ3) is 3.61. The standard InChI is InChI=1S/C27H26N2O4/c1-3-5-18-22(28-20-6-4-7-24(31)26(18)20)14-19-17-10-8-15(12-21(17)29-27(19)32)16-9-11-23(30)25(13-16)33-2/h8-14,28,30H,3-7H2,1-2H3,(H,29,32)/b19-14-. The number of ketones is 1. The SMILES string of the molecule is CCCc1c(/C=C2\C(=O)Nc3cc(-c4ccc(O)c(OC)c4)ccc32)[nH]c2c1C(=O)CCC2. The Morgan fingerprint density at radius 3 is 2.67 bits per heavy atom. The van der Waals surface area contributed by atoms with Crippen molar-refractivity contribution in [3.8, 4) is 22.6 Å². The molecule has 0 fully saturated rings. The number of anilines is 1. The number of methoxy groups -OCH3 is 1. The number of amides is 1.